The molecule has 0 saturated carbocycles. The van der Waals surface area contributed by atoms with Crippen LogP contribution >= 0.6 is 15.9 Å². The van der Waals surface area contributed by atoms with Gasteiger partial charge in [0.1, 0.15) is 12.4 Å². The van der Waals surface area contributed by atoms with E-state index >= 15 is 0 Å². The van der Waals surface area contributed by atoms with Crippen LogP contribution in [-0.2, 0) is 0 Å². The maximum Gasteiger partial charge on any atom is 0.252 e. The molecule has 0 aliphatic carbocycles. The van der Waals surface area contributed by atoms with Gasteiger partial charge in [-0.15, -0.1) is 5.10 Å². The molecule has 0 saturated heterocycles. The van der Waals surface area contributed by atoms with Crippen LogP contribution in [0.2, 0.25) is 0 Å². The van der Waals surface area contributed by atoms with Gasteiger partial charge in [-0.05, 0) is 24.1 Å². The Bertz CT molecular complexity index is 584. The zero-order valence-electron chi connectivity index (χ0n) is 10.5. The van der Waals surface area contributed by atoms with Crippen LogP contribution in [0.5, 0.6) is 0 Å². The molecule has 2 aromatic rings. The average molecular weight is 320 g/mol. The molecular weight excluding hydrogens is 306 g/mol. The van der Waals surface area contributed by atoms with E-state index < -0.39 is 0 Å². The lowest BCUT2D eigenvalue weighted by Gasteiger charge is -2.23. The number of hydrogen-bond donors (Lipinski definition) is 1. The van der Waals surface area contributed by atoms with Crippen molar-refractivity contribution in [2.24, 2.45) is 5.73 Å². The Hall–Kier alpha value is -1.71. The zero-order chi connectivity index (χ0) is 13.8. The van der Waals surface area contributed by atoms with E-state index in [0.29, 0.717) is 0 Å². The number of halogens is 1. The summed E-state index contributed by atoms with van der Waals surface area (Å²) in [4.78, 5) is 3.94. The van der Waals surface area contributed by atoms with Crippen molar-refractivity contribution >= 4 is 15.9 Å². The van der Waals surface area contributed by atoms with E-state index in [0.717, 1.165) is 16.5 Å². The molecule has 5 nitrogen and oxygen atoms in total. The molecule has 2 rings (SSSR count). The summed E-state index contributed by atoms with van der Waals surface area (Å²) in [6, 6.07) is 9.65. The molecule has 0 aliphatic heterocycles. The molecule has 2 N–H and O–H groups in total. The molecule has 6 heteroatoms. The van der Waals surface area contributed by atoms with E-state index in [9.17, 15) is 0 Å². The van der Waals surface area contributed by atoms with Crippen molar-refractivity contribution in [2.75, 3.05) is 0 Å². The van der Waals surface area contributed by atoms with E-state index in [1.165, 1.54) is 0 Å². The Labute approximate surface area is 120 Å². The molecule has 0 spiro atoms. The van der Waals surface area contributed by atoms with Crippen molar-refractivity contribution in [1.29, 1.82) is 5.26 Å². The van der Waals surface area contributed by atoms with Gasteiger partial charge >= 0.3 is 0 Å². The Morgan fingerprint density at radius 3 is 2.63 bits per heavy atom. The second-order valence-corrected chi connectivity index (χ2v) is 5.14. The fourth-order valence-electron chi connectivity index (χ4n) is 1.94. The van der Waals surface area contributed by atoms with Gasteiger partial charge in [0.15, 0.2) is 0 Å². The first-order valence-electron chi connectivity index (χ1n) is 5.98. The predicted molar refractivity (Wildman–Crippen MR) is 75.3 cm³/mol. The van der Waals surface area contributed by atoms with Crippen LogP contribution in [0.15, 0.2) is 35.1 Å². The first-order valence-corrected chi connectivity index (χ1v) is 6.77. The fraction of sp³-hybridized carbons (Fsp3) is 0.308. The quantitative estimate of drug-likeness (QED) is 0.937. The maximum atomic E-state index is 8.81. The highest BCUT2D eigenvalue weighted by Crippen LogP contribution is 2.23. The molecule has 1 heterocycles. The number of aromatic nitrogens is 3. The van der Waals surface area contributed by atoms with Gasteiger partial charge in [0, 0.05) is 10.5 Å². The number of nitrogens with zero attached hydrogens (tertiary/aromatic N) is 4. The summed E-state index contributed by atoms with van der Waals surface area (Å²) in [5.41, 5.74) is 7.23. The molecule has 2 atom stereocenters. The van der Waals surface area contributed by atoms with E-state index in [4.69, 9.17) is 11.0 Å². The fourth-order valence-corrected chi connectivity index (χ4v) is 2.20. The highest BCUT2D eigenvalue weighted by atomic mass is 79.9. The zero-order valence-corrected chi connectivity index (χ0v) is 12.1. The lowest BCUT2D eigenvalue weighted by Crippen LogP contribution is -2.32. The van der Waals surface area contributed by atoms with Crippen molar-refractivity contribution < 1.29 is 0 Å². The van der Waals surface area contributed by atoms with Gasteiger partial charge in [-0.3, -0.25) is 0 Å². The third-order valence-corrected chi connectivity index (χ3v) is 3.51. The predicted octanol–water partition coefficient (Wildman–Crippen LogP) is 2.24. The second kappa shape index (κ2) is 5.95. The van der Waals surface area contributed by atoms with Crippen LogP contribution in [-0.4, -0.2) is 20.8 Å². The number of rotatable bonds is 4. The minimum absolute atomic E-state index is 0.0885. The SMILES string of the molecule is CCC(N)C(c1ccc(Br)cc1)n1cnc(C#N)n1. The third-order valence-electron chi connectivity index (χ3n) is 2.98. The molecule has 2 unspecified atom stereocenters. The summed E-state index contributed by atoms with van der Waals surface area (Å²) < 4.78 is 2.67. The standard InChI is InChI=1S/C13H14BrN5/c1-2-11(16)13(9-3-5-10(14)6-4-9)19-8-17-12(7-15)18-19/h3-6,8,11,13H,2,16H2,1H3. The number of nitrogens with two attached hydrogens (primary N) is 1. The molecule has 0 radical (unpaired) electrons. The first kappa shape index (κ1) is 13.7. The van der Waals surface area contributed by atoms with Crippen molar-refractivity contribution in [1.82, 2.24) is 14.8 Å². The Balaban J connectivity index is 2.41. The third kappa shape index (κ3) is 3.00. The maximum absolute atomic E-state index is 8.81. The highest BCUT2D eigenvalue weighted by molar-refractivity contribution is 9.10. The monoisotopic (exact) mass is 319 g/mol. The van der Waals surface area contributed by atoms with Crippen molar-refractivity contribution in [3.63, 3.8) is 0 Å². The van der Waals surface area contributed by atoms with Crippen molar-refractivity contribution in [3.05, 3.63) is 46.5 Å². The molecule has 0 fully saturated rings. The van der Waals surface area contributed by atoms with Gasteiger partial charge in [0.05, 0.1) is 6.04 Å². The van der Waals surface area contributed by atoms with Crippen LogP contribution in [0.25, 0.3) is 0 Å². The van der Waals surface area contributed by atoms with E-state index in [-0.39, 0.29) is 17.9 Å². The van der Waals surface area contributed by atoms with E-state index in [1.54, 1.807) is 11.0 Å². The summed E-state index contributed by atoms with van der Waals surface area (Å²) in [5.74, 6) is 0.158. The molecular formula is C13H14BrN5. The van der Waals surface area contributed by atoms with Crippen LogP contribution in [0.3, 0.4) is 0 Å². The molecule has 0 amide bonds. The average Bonchev–Trinajstić information content (AvgIpc) is 2.89. The summed E-state index contributed by atoms with van der Waals surface area (Å²) in [7, 11) is 0. The van der Waals surface area contributed by atoms with Gasteiger partial charge in [0.25, 0.3) is 5.82 Å². The lowest BCUT2D eigenvalue weighted by molar-refractivity contribution is 0.422. The summed E-state index contributed by atoms with van der Waals surface area (Å²) in [6.45, 7) is 2.03. The molecule has 98 valence electrons. The summed E-state index contributed by atoms with van der Waals surface area (Å²) >= 11 is 3.41. The first-order chi connectivity index (χ1) is 9.15. The van der Waals surface area contributed by atoms with E-state index in [2.05, 4.69) is 26.0 Å². The molecule has 0 aliphatic rings. The largest absolute Gasteiger partial charge is 0.326 e. The van der Waals surface area contributed by atoms with Gasteiger partial charge in [-0.1, -0.05) is 35.0 Å². The molecule has 1 aromatic carbocycles. The normalized spacial score (nSPS) is 13.8. The van der Waals surface area contributed by atoms with Crippen LogP contribution in [0, 0.1) is 11.3 Å². The topological polar surface area (TPSA) is 80.5 Å². The van der Waals surface area contributed by atoms with Crippen molar-refractivity contribution in [3.8, 4) is 6.07 Å². The highest BCUT2D eigenvalue weighted by Gasteiger charge is 2.22. The molecule has 1 aromatic heterocycles. The second-order valence-electron chi connectivity index (χ2n) is 4.23. The smallest absolute Gasteiger partial charge is 0.252 e. The van der Waals surface area contributed by atoms with Crippen molar-refractivity contribution in [2.45, 2.75) is 25.4 Å². The number of benzene rings is 1. The number of hydrogen-bond acceptors (Lipinski definition) is 4. The molecule has 19 heavy (non-hydrogen) atoms. The van der Waals surface area contributed by atoms with Gasteiger partial charge in [0.2, 0.25) is 0 Å². The van der Waals surface area contributed by atoms with E-state index in [1.807, 2.05) is 37.3 Å². The Kier molecular flexibility index (Phi) is 4.30. The summed E-state index contributed by atoms with van der Waals surface area (Å²) in [5, 5.41) is 13.0. The van der Waals surface area contributed by atoms with Gasteiger partial charge in [-0.25, -0.2) is 9.67 Å². The van der Waals surface area contributed by atoms with Crippen LogP contribution in [0.4, 0.5) is 0 Å². The molecule has 0 bridgehead atoms. The van der Waals surface area contributed by atoms with Gasteiger partial charge in [-0.2, -0.15) is 5.26 Å². The van der Waals surface area contributed by atoms with Crippen LogP contribution in [0.1, 0.15) is 30.8 Å². The minimum Gasteiger partial charge on any atom is -0.326 e. The van der Waals surface area contributed by atoms with Crippen LogP contribution < -0.4 is 5.73 Å². The Morgan fingerprint density at radius 2 is 2.11 bits per heavy atom. The van der Waals surface area contributed by atoms with Gasteiger partial charge < -0.3 is 5.73 Å². The summed E-state index contributed by atoms with van der Waals surface area (Å²) in [6.07, 6.45) is 2.36. The Morgan fingerprint density at radius 1 is 1.42 bits per heavy atom. The lowest BCUT2D eigenvalue weighted by atomic mass is 9.98. The minimum atomic E-state index is -0.118. The number of nitriles is 1.